The van der Waals surface area contributed by atoms with E-state index in [2.05, 4.69) is 5.32 Å². The molecule has 0 aliphatic rings. The van der Waals surface area contributed by atoms with Crippen molar-refractivity contribution < 1.29 is 19.4 Å². The molecule has 2 atom stereocenters. The van der Waals surface area contributed by atoms with Gasteiger partial charge in [0.1, 0.15) is 18.5 Å². The second-order valence-electron chi connectivity index (χ2n) is 5.88. The van der Waals surface area contributed by atoms with Crippen molar-refractivity contribution in [1.29, 1.82) is 0 Å². The molecule has 0 spiro atoms. The van der Waals surface area contributed by atoms with Gasteiger partial charge in [0.15, 0.2) is 0 Å². The van der Waals surface area contributed by atoms with Crippen LogP contribution in [0.15, 0.2) is 48.5 Å². The third-order valence-corrected chi connectivity index (χ3v) is 5.03. The molecule has 2 aromatic carbocycles. The zero-order chi connectivity index (χ0) is 18.9. The van der Waals surface area contributed by atoms with Crippen LogP contribution in [0.5, 0.6) is 5.75 Å². The molecule has 2 N–H and O–H groups in total. The Labute approximate surface area is 157 Å². The molecule has 138 valence electrons. The Morgan fingerprint density at radius 1 is 1.23 bits per heavy atom. The molecule has 2 amide bonds. The Morgan fingerprint density at radius 3 is 2.54 bits per heavy atom. The maximum absolute atomic E-state index is 11.8. The Hall–Kier alpha value is -2.31. The fourth-order valence-corrected chi connectivity index (χ4v) is 3.24. The summed E-state index contributed by atoms with van der Waals surface area (Å²) in [5, 5.41) is 12.1. The molecule has 5 nitrogen and oxygen atoms in total. The lowest BCUT2D eigenvalue weighted by Gasteiger charge is -2.15. The van der Waals surface area contributed by atoms with E-state index in [1.807, 2.05) is 61.7 Å². The normalized spacial score (nSPS) is 12.9. The number of aryl methyl sites for hydroxylation is 1. The zero-order valence-corrected chi connectivity index (χ0v) is 15.7. The van der Waals surface area contributed by atoms with Crippen LogP contribution >= 0.6 is 11.8 Å². The highest BCUT2D eigenvalue weighted by Gasteiger charge is 2.17. The molecule has 0 aliphatic carbocycles. The number of hydrogen-bond acceptors (Lipinski definition) is 5. The molecular weight excluding hydrogens is 350 g/mol. The van der Waals surface area contributed by atoms with Crippen LogP contribution < -0.4 is 10.1 Å². The fourth-order valence-electron chi connectivity index (χ4n) is 2.60. The summed E-state index contributed by atoms with van der Waals surface area (Å²) in [6.07, 6.45) is 2.07. The maximum Gasteiger partial charge on any atom is 0.239 e. The maximum atomic E-state index is 11.8. The van der Waals surface area contributed by atoms with Gasteiger partial charge in [-0.05, 0) is 48.4 Å². The van der Waals surface area contributed by atoms with Crippen LogP contribution in [0.4, 0.5) is 0 Å². The molecular formula is C20H23NO4S. The number of ether oxygens (including phenoxy) is 1. The minimum Gasteiger partial charge on any atom is -0.491 e. The summed E-state index contributed by atoms with van der Waals surface area (Å²) in [7, 11) is 0. The summed E-state index contributed by atoms with van der Waals surface area (Å²) in [5.74, 6) is 0.355. The number of amides is 2. The summed E-state index contributed by atoms with van der Waals surface area (Å²) in [6, 6.07) is 15.1. The quantitative estimate of drug-likeness (QED) is 0.661. The first-order valence-corrected chi connectivity index (χ1v) is 9.56. The van der Waals surface area contributed by atoms with Gasteiger partial charge in [0.05, 0.1) is 5.25 Å². The number of nitrogens with one attached hydrogen (secondary N) is 1. The topological polar surface area (TPSA) is 75.6 Å². The Bertz CT molecular complexity index is 733. The van der Waals surface area contributed by atoms with E-state index in [9.17, 15) is 14.7 Å². The van der Waals surface area contributed by atoms with Crippen LogP contribution in [-0.2, 0) is 16.0 Å². The van der Waals surface area contributed by atoms with Crippen molar-refractivity contribution >= 4 is 24.1 Å². The van der Waals surface area contributed by atoms with E-state index < -0.39 is 6.10 Å². The highest BCUT2D eigenvalue weighted by Crippen LogP contribution is 2.21. The van der Waals surface area contributed by atoms with Gasteiger partial charge >= 0.3 is 0 Å². The molecule has 0 aromatic heterocycles. The monoisotopic (exact) mass is 373 g/mol. The average molecular weight is 373 g/mol. The number of imide groups is 1. The van der Waals surface area contributed by atoms with Gasteiger partial charge in [-0.15, -0.1) is 0 Å². The highest BCUT2D eigenvalue weighted by molar-refractivity contribution is 7.99. The SMILES string of the molecule is CSC(Cc1ccc(OCC(O)c2ccccc2C)cc1)C(=O)NC=O. The Morgan fingerprint density at radius 2 is 1.92 bits per heavy atom. The predicted octanol–water partition coefficient (Wildman–Crippen LogP) is 2.65. The van der Waals surface area contributed by atoms with Crippen molar-refractivity contribution in [2.75, 3.05) is 12.9 Å². The van der Waals surface area contributed by atoms with Crippen LogP contribution in [-0.4, -0.2) is 35.5 Å². The molecule has 0 bridgehead atoms. The summed E-state index contributed by atoms with van der Waals surface area (Å²) < 4.78 is 5.67. The van der Waals surface area contributed by atoms with Gasteiger partial charge in [-0.3, -0.25) is 14.9 Å². The van der Waals surface area contributed by atoms with E-state index in [-0.39, 0.29) is 17.8 Å². The molecule has 2 rings (SSSR count). The van der Waals surface area contributed by atoms with Crippen LogP contribution in [0, 0.1) is 6.92 Å². The van der Waals surface area contributed by atoms with Gasteiger partial charge in [0.25, 0.3) is 0 Å². The van der Waals surface area contributed by atoms with Crippen molar-refractivity contribution in [2.45, 2.75) is 24.7 Å². The van der Waals surface area contributed by atoms with Crippen molar-refractivity contribution in [3.63, 3.8) is 0 Å². The molecule has 6 heteroatoms. The smallest absolute Gasteiger partial charge is 0.239 e. The van der Waals surface area contributed by atoms with Gasteiger partial charge in [-0.25, -0.2) is 0 Å². The van der Waals surface area contributed by atoms with E-state index in [4.69, 9.17) is 4.74 Å². The van der Waals surface area contributed by atoms with Crippen molar-refractivity contribution in [1.82, 2.24) is 5.32 Å². The van der Waals surface area contributed by atoms with Gasteiger partial charge in [0, 0.05) is 0 Å². The van der Waals surface area contributed by atoms with Crippen LogP contribution in [0.2, 0.25) is 0 Å². The lowest BCUT2D eigenvalue weighted by molar-refractivity contribution is -0.124. The molecule has 2 aromatic rings. The van der Waals surface area contributed by atoms with Crippen LogP contribution in [0.25, 0.3) is 0 Å². The molecule has 0 heterocycles. The molecule has 0 saturated heterocycles. The highest BCUT2D eigenvalue weighted by atomic mass is 32.2. The molecule has 0 aliphatic heterocycles. The second-order valence-corrected chi connectivity index (χ2v) is 6.92. The number of rotatable bonds is 9. The number of aliphatic hydroxyl groups excluding tert-OH is 1. The van der Waals surface area contributed by atoms with E-state index in [1.165, 1.54) is 11.8 Å². The van der Waals surface area contributed by atoms with E-state index in [0.717, 1.165) is 16.7 Å². The number of carbonyl (C=O) groups is 2. The third kappa shape index (κ3) is 5.61. The minimum absolute atomic E-state index is 0.166. The largest absolute Gasteiger partial charge is 0.491 e. The van der Waals surface area contributed by atoms with Crippen LogP contribution in [0.1, 0.15) is 22.8 Å². The molecule has 0 saturated carbocycles. The fraction of sp³-hybridized carbons (Fsp3) is 0.300. The number of aliphatic hydroxyl groups is 1. The minimum atomic E-state index is -0.691. The van der Waals surface area contributed by atoms with E-state index in [1.54, 1.807) is 0 Å². The Kier molecular flexibility index (Phi) is 7.69. The lowest BCUT2D eigenvalue weighted by atomic mass is 10.0. The first kappa shape index (κ1) is 20.0. The first-order valence-electron chi connectivity index (χ1n) is 8.27. The van der Waals surface area contributed by atoms with Crippen molar-refractivity contribution in [3.05, 3.63) is 65.2 Å². The predicted molar refractivity (Wildman–Crippen MR) is 103 cm³/mol. The van der Waals surface area contributed by atoms with Crippen molar-refractivity contribution in [2.24, 2.45) is 0 Å². The summed E-state index contributed by atoms with van der Waals surface area (Å²) >= 11 is 1.39. The van der Waals surface area contributed by atoms with Crippen LogP contribution in [0.3, 0.4) is 0 Å². The summed E-state index contributed by atoms with van der Waals surface area (Å²) in [6.45, 7) is 2.12. The standard InChI is InChI=1S/C20H23NO4S/c1-14-5-3-4-6-17(14)18(23)12-25-16-9-7-15(8-10-16)11-19(26-2)20(24)21-13-22/h3-10,13,18-19,23H,11-12H2,1-2H3,(H,21,22,24). The first-order chi connectivity index (χ1) is 12.5. The van der Waals surface area contributed by atoms with Gasteiger partial charge < -0.3 is 9.84 Å². The third-order valence-electron chi connectivity index (χ3n) is 4.08. The van der Waals surface area contributed by atoms with Gasteiger partial charge in [-0.2, -0.15) is 11.8 Å². The zero-order valence-electron chi connectivity index (χ0n) is 14.8. The number of thioether (sulfide) groups is 1. The van der Waals surface area contributed by atoms with Gasteiger partial charge in [0.2, 0.25) is 12.3 Å². The average Bonchev–Trinajstić information content (AvgIpc) is 2.65. The summed E-state index contributed by atoms with van der Waals surface area (Å²) in [5.41, 5.74) is 2.85. The molecule has 26 heavy (non-hydrogen) atoms. The molecule has 0 fully saturated rings. The second kappa shape index (κ2) is 9.99. The number of carbonyl (C=O) groups excluding carboxylic acids is 2. The lowest BCUT2D eigenvalue weighted by Crippen LogP contribution is -2.32. The molecule has 0 radical (unpaired) electrons. The molecule has 2 unspecified atom stereocenters. The van der Waals surface area contributed by atoms with Crippen molar-refractivity contribution in [3.8, 4) is 5.75 Å². The Balaban J connectivity index is 1.92. The summed E-state index contributed by atoms with van der Waals surface area (Å²) in [4.78, 5) is 22.2. The number of hydrogen-bond donors (Lipinski definition) is 2. The number of benzene rings is 2. The van der Waals surface area contributed by atoms with E-state index >= 15 is 0 Å². The van der Waals surface area contributed by atoms with Gasteiger partial charge in [-0.1, -0.05) is 36.4 Å². The van der Waals surface area contributed by atoms with E-state index in [0.29, 0.717) is 18.6 Å².